The summed E-state index contributed by atoms with van der Waals surface area (Å²) in [6.07, 6.45) is 3.62. The molecule has 3 nitrogen and oxygen atoms in total. The van der Waals surface area contributed by atoms with Crippen molar-refractivity contribution in [2.75, 3.05) is 7.11 Å². The average Bonchev–Trinajstić information content (AvgIpc) is 2.17. The van der Waals surface area contributed by atoms with Crippen LogP contribution in [0.25, 0.3) is 0 Å². The second-order valence-corrected chi connectivity index (χ2v) is 4.73. The number of nitrogens with two attached hydrogens (primary N) is 1. The minimum atomic E-state index is -0.708. The maximum absolute atomic E-state index is 11.4. The van der Waals surface area contributed by atoms with E-state index in [4.69, 9.17) is 10.5 Å². The van der Waals surface area contributed by atoms with Gasteiger partial charge in [0.2, 0.25) is 0 Å². The zero-order valence-electron chi connectivity index (χ0n) is 9.38. The number of ether oxygens (including phenoxy) is 1. The molecule has 1 aliphatic carbocycles. The Morgan fingerprint density at radius 3 is 2.29 bits per heavy atom. The van der Waals surface area contributed by atoms with E-state index in [1.165, 1.54) is 7.11 Å². The number of carbonyl (C=O) groups excluding carboxylic acids is 1. The molecule has 0 unspecified atom stereocenters. The number of esters is 1. The zero-order chi connectivity index (χ0) is 10.8. The summed E-state index contributed by atoms with van der Waals surface area (Å²) in [6.45, 7) is 4.46. The normalized spacial score (nSPS) is 33.1. The van der Waals surface area contributed by atoms with Crippen LogP contribution in [0.15, 0.2) is 0 Å². The van der Waals surface area contributed by atoms with Crippen LogP contribution in [0.4, 0.5) is 0 Å². The number of hydrogen-bond acceptors (Lipinski definition) is 3. The summed E-state index contributed by atoms with van der Waals surface area (Å²) >= 11 is 0. The molecule has 1 rings (SSSR count). The van der Waals surface area contributed by atoms with Gasteiger partial charge in [-0.1, -0.05) is 13.8 Å². The highest BCUT2D eigenvalue weighted by Gasteiger charge is 2.39. The van der Waals surface area contributed by atoms with Gasteiger partial charge in [0.1, 0.15) is 5.54 Å². The van der Waals surface area contributed by atoms with Crippen molar-refractivity contribution in [1.82, 2.24) is 0 Å². The number of hydrogen-bond donors (Lipinski definition) is 1. The van der Waals surface area contributed by atoms with Gasteiger partial charge in [0.05, 0.1) is 7.11 Å². The molecule has 0 aliphatic heterocycles. The lowest BCUT2D eigenvalue weighted by molar-refractivity contribution is -0.148. The SMILES string of the molecule is COC(=O)C1(N)CCC(C(C)C)CC1. The van der Waals surface area contributed by atoms with E-state index in [1.54, 1.807) is 0 Å². The predicted molar refractivity (Wildman–Crippen MR) is 55.7 cm³/mol. The van der Waals surface area contributed by atoms with E-state index in [9.17, 15) is 4.79 Å². The van der Waals surface area contributed by atoms with Gasteiger partial charge in [0, 0.05) is 0 Å². The van der Waals surface area contributed by atoms with E-state index in [0.29, 0.717) is 5.92 Å². The van der Waals surface area contributed by atoms with Crippen molar-refractivity contribution < 1.29 is 9.53 Å². The first-order chi connectivity index (χ1) is 6.49. The molecule has 0 spiro atoms. The molecule has 0 bridgehead atoms. The average molecular weight is 199 g/mol. The second-order valence-electron chi connectivity index (χ2n) is 4.73. The fourth-order valence-corrected chi connectivity index (χ4v) is 2.23. The summed E-state index contributed by atoms with van der Waals surface area (Å²) in [5.74, 6) is 1.16. The Morgan fingerprint density at radius 1 is 1.43 bits per heavy atom. The van der Waals surface area contributed by atoms with Crippen molar-refractivity contribution in [3.8, 4) is 0 Å². The van der Waals surface area contributed by atoms with Crippen LogP contribution in [0.5, 0.6) is 0 Å². The first-order valence-corrected chi connectivity index (χ1v) is 5.37. The van der Waals surface area contributed by atoms with Crippen LogP contribution in [0, 0.1) is 11.8 Å². The summed E-state index contributed by atoms with van der Waals surface area (Å²) in [5.41, 5.74) is 5.29. The van der Waals surface area contributed by atoms with Crippen molar-refractivity contribution in [3.05, 3.63) is 0 Å². The molecule has 82 valence electrons. The Kier molecular flexibility index (Phi) is 3.53. The second kappa shape index (κ2) is 4.30. The van der Waals surface area contributed by atoms with Crippen LogP contribution in [0.2, 0.25) is 0 Å². The Hall–Kier alpha value is -0.570. The monoisotopic (exact) mass is 199 g/mol. The summed E-state index contributed by atoms with van der Waals surface area (Å²) < 4.78 is 4.72. The zero-order valence-corrected chi connectivity index (χ0v) is 9.38. The Bertz CT molecular complexity index is 205. The minimum absolute atomic E-state index is 0.250. The maximum Gasteiger partial charge on any atom is 0.325 e. The van der Waals surface area contributed by atoms with E-state index in [1.807, 2.05) is 0 Å². The molecule has 14 heavy (non-hydrogen) atoms. The van der Waals surface area contributed by atoms with Crippen LogP contribution in [-0.2, 0) is 9.53 Å². The van der Waals surface area contributed by atoms with Crippen molar-refractivity contribution in [3.63, 3.8) is 0 Å². The lowest BCUT2D eigenvalue weighted by Gasteiger charge is -2.36. The molecule has 0 aromatic rings. The molecule has 0 heterocycles. The van der Waals surface area contributed by atoms with Crippen molar-refractivity contribution in [2.45, 2.75) is 45.1 Å². The third-order valence-electron chi connectivity index (χ3n) is 3.46. The van der Waals surface area contributed by atoms with Gasteiger partial charge in [0.25, 0.3) is 0 Å². The molecule has 1 fully saturated rings. The lowest BCUT2D eigenvalue weighted by Crippen LogP contribution is -2.51. The molecule has 0 amide bonds. The highest BCUT2D eigenvalue weighted by molar-refractivity contribution is 5.80. The summed E-state index contributed by atoms with van der Waals surface area (Å²) in [5, 5.41) is 0. The molecule has 1 aliphatic rings. The Labute approximate surface area is 86.0 Å². The van der Waals surface area contributed by atoms with Crippen LogP contribution in [-0.4, -0.2) is 18.6 Å². The van der Waals surface area contributed by atoms with Crippen molar-refractivity contribution >= 4 is 5.97 Å². The lowest BCUT2D eigenvalue weighted by atomic mass is 9.73. The standard InChI is InChI=1S/C11H21NO2/c1-8(2)9-4-6-11(12,7-5-9)10(13)14-3/h8-9H,4-7,12H2,1-3H3. The molecule has 3 heteroatoms. The van der Waals surface area contributed by atoms with Gasteiger partial charge in [-0.2, -0.15) is 0 Å². The summed E-state index contributed by atoms with van der Waals surface area (Å²) in [7, 11) is 1.41. The molecule has 1 saturated carbocycles. The van der Waals surface area contributed by atoms with E-state index in [0.717, 1.165) is 31.6 Å². The topological polar surface area (TPSA) is 52.3 Å². The first kappa shape index (κ1) is 11.5. The quantitative estimate of drug-likeness (QED) is 0.689. The maximum atomic E-state index is 11.4. The number of carbonyl (C=O) groups is 1. The van der Waals surface area contributed by atoms with Gasteiger partial charge in [-0.3, -0.25) is 4.79 Å². The predicted octanol–water partition coefficient (Wildman–Crippen LogP) is 1.70. The minimum Gasteiger partial charge on any atom is -0.468 e. The van der Waals surface area contributed by atoms with Crippen molar-refractivity contribution in [1.29, 1.82) is 0 Å². The highest BCUT2D eigenvalue weighted by Crippen LogP contribution is 2.34. The Morgan fingerprint density at radius 2 is 1.93 bits per heavy atom. The van der Waals surface area contributed by atoms with Gasteiger partial charge in [0.15, 0.2) is 0 Å². The number of rotatable bonds is 2. The Balaban J connectivity index is 2.53. The van der Waals surface area contributed by atoms with E-state index in [-0.39, 0.29) is 5.97 Å². The van der Waals surface area contributed by atoms with Gasteiger partial charge in [-0.05, 0) is 37.5 Å². The highest BCUT2D eigenvalue weighted by atomic mass is 16.5. The van der Waals surface area contributed by atoms with E-state index < -0.39 is 5.54 Å². The third kappa shape index (κ3) is 2.27. The smallest absolute Gasteiger partial charge is 0.325 e. The molecular weight excluding hydrogens is 178 g/mol. The van der Waals surface area contributed by atoms with Gasteiger partial charge >= 0.3 is 5.97 Å². The molecular formula is C11H21NO2. The fraction of sp³-hybridized carbons (Fsp3) is 0.909. The molecule has 0 aromatic carbocycles. The van der Waals surface area contributed by atoms with Crippen LogP contribution < -0.4 is 5.73 Å². The van der Waals surface area contributed by atoms with Crippen LogP contribution >= 0.6 is 0 Å². The van der Waals surface area contributed by atoms with Gasteiger partial charge < -0.3 is 10.5 Å². The van der Waals surface area contributed by atoms with Crippen LogP contribution in [0.3, 0.4) is 0 Å². The summed E-state index contributed by atoms with van der Waals surface area (Å²) in [4.78, 5) is 11.4. The number of methoxy groups -OCH3 is 1. The van der Waals surface area contributed by atoms with E-state index in [2.05, 4.69) is 13.8 Å². The molecule has 0 atom stereocenters. The van der Waals surface area contributed by atoms with Gasteiger partial charge in [-0.25, -0.2) is 0 Å². The third-order valence-corrected chi connectivity index (χ3v) is 3.46. The molecule has 0 radical (unpaired) electrons. The molecule has 0 saturated heterocycles. The first-order valence-electron chi connectivity index (χ1n) is 5.37. The van der Waals surface area contributed by atoms with Crippen LogP contribution in [0.1, 0.15) is 39.5 Å². The van der Waals surface area contributed by atoms with Gasteiger partial charge in [-0.15, -0.1) is 0 Å². The molecule has 2 N–H and O–H groups in total. The summed E-state index contributed by atoms with van der Waals surface area (Å²) in [6, 6.07) is 0. The fourth-order valence-electron chi connectivity index (χ4n) is 2.23. The van der Waals surface area contributed by atoms with E-state index >= 15 is 0 Å². The largest absolute Gasteiger partial charge is 0.468 e. The van der Waals surface area contributed by atoms with Crippen molar-refractivity contribution in [2.24, 2.45) is 17.6 Å². The molecule has 0 aromatic heterocycles.